The van der Waals surface area contributed by atoms with Crippen LogP contribution in [0.15, 0.2) is 17.0 Å². The van der Waals surface area contributed by atoms with Crippen LogP contribution in [0.25, 0.3) is 0 Å². The van der Waals surface area contributed by atoms with Gasteiger partial charge in [0.25, 0.3) is 0 Å². The van der Waals surface area contributed by atoms with Crippen molar-refractivity contribution in [3.05, 3.63) is 23.5 Å². The fraction of sp³-hybridized carbons (Fsp3) is 0.467. The third kappa shape index (κ3) is 4.67. The summed E-state index contributed by atoms with van der Waals surface area (Å²) in [6.45, 7) is 3.36. The van der Waals surface area contributed by atoms with Gasteiger partial charge in [-0.1, -0.05) is 0 Å². The van der Waals surface area contributed by atoms with Crippen molar-refractivity contribution in [2.24, 2.45) is 0 Å². The Morgan fingerprint density at radius 2 is 2.00 bits per heavy atom. The van der Waals surface area contributed by atoms with E-state index in [1.807, 2.05) is 0 Å². The second kappa shape index (κ2) is 8.26. The van der Waals surface area contributed by atoms with Gasteiger partial charge in [0.2, 0.25) is 15.9 Å². The van der Waals surface area contributed by atoms with Crippen LogP contribution in [0.5, 0.6) is 5.75 Å². The number of halogens is 1. The number of carbonyl (C=O) groups is 2. The maximum atomic E-state index is 14.2. The van der Waals surface area contributed by atoms with Crippen LogP contribution in [0.4, 0.5) is 4.39 Å². The summed E-state index contributed by atoms with van der Waals surface area (Å²) < 4.78 is 45.4. The molecule has 0 fully saturated rings. The van der Waals surface area contributed by atoms with Gasteiger partial charge in [-0.15, -0.1) is 0 Å². The number of rotatable bonds is 8. The molecule has 1 amide bonds. The molecule has 1 aromatic rings. The molecule has 8 nitrogen and oxygen atoms in total. The number of nitrogens with one attached hydrogen (secondary N) is 1. The van der Waals surface area contributed by atoms with Crippen molar-refractivity contribution in [1.82, 2.24) is 9.62 Å². The van der Waals surface area contributed by atoms with Gasteiger partial charge in [0, 0.05) is 25.6 Å². The number of amides is 1. The molecule has 0 saturated heterocycles. The van der Waals surface area contributed by atoms with Crippen LogP contribution in [0, 0.1) is 12.7 Å². The lowest BCUT2D eigenvalue weighted by Gasteiger charge is -2.26. The molecule has 1 unspecified atom stereocenters. The lowest BCUT2D eigenvalue weighted by Crippen LogP contribution is -2.46. The number of sulfonamides is 1. The second-order valence-corrected chi connectivity index (χ2v) is 7.18. The first-order valence-electron chi connectivity index (χ1n) is 7.36. The van der Waals surface area contributed by atoms with Gasteiger partial charge in [0.15, 0.2) is 11.6 Å². The van der Waals surface area contributed by atoms with E-state index < -0.39 is 27.9 Å². The first-order valence-corrected chi connectivity index (χ1v) is 8.80. The second-order valence-electron chi connectivity index (χ2n) is 5.32. The maximum Gasteiger partial charge on any atom is 0.321 e. The molecule has 1 aromatic carbocycles. The number of aliphatic carboxylic acids is 1. The van der Waals surface area contributed by atoms with Crippen molar-refractivity contribution in [2.45, 2.75) is 31.7 Å². The summed E-state index contributed by atoms with van der Waals surface area (Å²) in [5.41, 5.74) is -0.179. The number of hydrogen-bond acceptors (Lipinski definition) is 5. The van der Waals surface area contributed by atoms with E-state index in [1.165, 1.54) is 27.9 Å². The van der Waals surface area contributed by atoms with Gasteiger partial charge in [-0.3, -0.25) is 9.59 Å². The molecule has 0 aliphatic carbocycles. The Hall–Kier alpha value is -2.20. The summed E-state index contributed by atoms with van der Waals surface area (Å²) in [6.07, 6.45) is 0. The smallest absolute Gasteiger partial charge is 0.321 e. The maximum absolute atomic E-state index is 14.2. The first-order chi connectivity index (χ1) is 11.5. The quantitative estimate of drug-likeness (QED) is 0.692. The molecule has 140 valence electrons. The minimum Gasteiger partial charge on any atom is -0.494 e. The monoisotopic (exact) mass is 376 g/mol. The third-order valence-corrected chi connectivity index (χ3v) is 5.72. The molecule has 0 aromatic heterocycles. The summed E-state index contributed by atoms with van der Waals surface area (Å²) in [7, 11) is -3.07. The van der Waals surface area contributed by atoms with Gasteiger partial charge in [0.05, 0.1) is 12.0 Å². The van der Waals surface area contributed by atoms with Gasteiger partial charge in [0.1, 0.15) is 6.04 Å². The molecule has 2 N–H and O–H groups in total. The van der Waals surface area contributed by atoms with Gasteiger partial charge in [-0.2, -0.15) is 4.31 Å². The Balaban J connectivity index is 3.33. The highest BCUT2D eigenvalue weighted by molar-refractivity contribution is 7.89. The van der Waals surface area contributed by atoms with E-state index >= 15 is 0 Å². The number of carboxylic acids is 1. The lowest BCUT2D eigenvalue weighted by atomic mass is 10.2. The summed E-state index contributed by atoms with van der Waals surface area (Å²) in [5, 5.41) is 11.6. The van der Waals surface area contributed by atoms with Crippen molar-refractivity contribution < 1.29 is 32.2 Å². The molecule has 0 spiro atoms. The molecule has 0 aliphatic rings. The molecule has 1 rings (SSSR count). The van der Waals surface area contributed by atoms with Crippen LogP contribution in [0.1, 0.15) is 19.4 Å². The van der Waals surface area contributed by atoms with Crippen LogP contribution in [-0.4, -0.2) is 55.9 Å². The van der Waals surface area contributed by atoms with E-state index in [-0.39, 0.29) is 35.2 Å². The van der Waals surface area contributed by atoms with Crippen LogP contribution in [0.3, 0.4) is 0 Å². The SMILES string of the molecule is COc1ccc(S(=O)(=O)N(CCNC(C)=O)C(C)C(=O)O)c(C)c1F. The molecular formula is C15H21FN2O6S. The molecule has 1 atom stereocenters. The molecule has 25 heavy (non-hydrogen) atoms. The molecule has 0 bridgehead atoms. The van der Waals surface area contributed by atoms with Crippen molar-refractivity contribution >= 4 is 21.9 Å². The zero-order valence-corrected chi connectivity index (χ0v) is 15.2. The highest BCUT2D eigenvalue weighted by Gasteiger charge is 2.34. The van der Waals surface area contributed by atoms with E-state index in [1.54, 1.807) is 0 Å². The van der Waals surface area contributed by atoms with E-state index in [4.69, 9.17) is 4.74 Å². The number of carboxylic acid groups (broad SMARTS) is 1. The Kier molecular flexibility index (Phi) is 6.88. The standard InChI is InChI=1S/C15H21FN2O6S/c1-9-13(6-5-12(24-4)14(9)16)25(22,23)18(10(2)15(20)21)8-7-17-11(3)19/h5-6,10H,7-8H2,1-4H3,(H,17,19)(H,20,21). The number of hydrogen-bond donors (Lipinski definition) is 2. The molecular weight excluding hydrogens is 355 g/mol. The Bertz CT molecular complexity index is 766. The van der Waals surface area contributed by atoms with Crippen LogP contribution in [-0.2, 0) is 19.6 Å². The van der Waals surface area contributed by atoms with Crippen LogP contribution < -0.4 is 10.1 Å². The number of carbonyl (C=O) groups excluding carboxylic acids is 1. The van der Waals surface area contributed by atoms with Crippen LogP contribution in [0.2, 0.25) is 0 Å². The fourth-order valence-corrected chi connectivity index (χ4v) is 4.00. The molecule has 0 saturated carbocycles. The molecule has 0 aliphatic heterocycles. The first kappa shape index (κ1) is 20.8. The summed E-state index contributed by atoms with van der Waals surface area (Å²) in [5.74, 6) is -2.70. The predicted octanol–water partition coefficient (Wildman–Crippen LogP) is 0.743. The fourth-order valence-electron chi connectivity index (χ4n) is 2.19. The van der Waals surface area contributed by atoms with Crippen molar-refractivity contribution in [2.75, 3.05) is 20.2 Å². The Morgan fingerprint density at radius 3 is 2.48 bits per heavy atom. The highest BCUT2D eigenvalue weighted by atomic mass is 32.2. The largest absolute Gasteiger partial charge is 0.494 e. The number of methoxy groups -OCH3 is 1. The van der Waals surface area contributed by atoms with Crippen molar-refractivity contribution in [3.8, 4) is 5.75 Å². The van der Waals surface area contributed by atoms with E-state index in [9.17, 15) is 27.5 Å². The van der Waals surface area contributed by atoms with E-state index in [2.05, 4.69) is 5.32 Å². The number of benzene rings is 1. The van der Waals surface area contributed by atoms with Gasteiger partial charge >= 0.3 is 5.97 Å². The van der Waals surface area contributed by atoms with Crippen molar-refractivity contribution in [1.29, 1.82) is 0 Å². The molecule has 0 radical (unpaired) electrons. The van der Waals surface area contributed by atoms with E-state index in [0.717, 1.165) is 12.1 Å². The summed E-state index contributed by atoms with van der Waals surface area (Å²) >= 11 is 0. The lowest BCUT2D eigenvalue weighted by molar-refractivity contribution is -0.140. The zero-order valence-electron chi connectivity index (χ0n) is 14.4. The Morgan fingerprint density at radius 1 is 1.40 bits per heavy atom. The topological polar surface area (TPSA) is 113 Å². The molecule has 0 heterocycles. The third-order valence-electron chi connectivity index (χ3n) is 3.60. The molecule has 10 heteroatoms. The van der Waals surface area contributed by atoms with Gasteiger partial charge < -0.3 is 15.2 Å². The highest BCUT2D eigenvalue weighted by Crippen LogP contribution is 2.28. The summed E-state index contributed by atoms with van der Waals surface area (Å²) in [4.78, 5) is 21.9. The number of nitrogens with zero attached hydrogens (tertiary/aromatic N) is 1. The Labute approximate surface area is 145 Å². The van der Waals surface area contributed by atoms with E-state index in [0.29, 0.717) is 4.31 Å². The average molecular weight is 376 g/mol. The minimum atomic E-state index is -4.32. The number of ether oxygens (including phenoxy) is 1. The normalized spacial score (nSPS) is 12.7. The van der Waals surface area contributed by atoms with Gasteiger partial charge in [-0.25, -0.2) is 12.8 Å². The average Bonchev–Trinajstić information content (AvgIpc) is 2.52. The van der Waals surface area contributed by atoms with Crippen molar-refractivity contribution in [3.63, 3.8) is 0 Å². The van der Waals surface area contributed by atoms with Crippen LogP contribution >= 0.6 is 0 Å². The predicted molar refractivity (Wildman–Crippen MR) is 87.4 cm³/mol. The summed E-state index contributed by atoms with van der Waals surface area (Å²) in [6, 6.07) is 0.919. The zero-order chi connectivity index (χ0) is 19.4. The van der Waals surface area contributed by atoms with Gasteiger partial charge in [-0.05, 0) is 26.0 Å². The minimum absolute atomic E-state index is 0.0795.